The van der Waals surface area contributed by atoms with Crippen LogP contribution in [-0.4, -0.2) is 39.7 Å². The summed E-state index contributed by atoms with van der Waals surface area (Å²) in [6.45, 7) is 3.57. The Morgan fingerprint density at radius 2 is 2.17 bits per heavy atom. The summed E-state index contributed by atoms with van der Waals surface area (Å²) < 4.78 is 1.59. The van der Waals surface area contributed by atoms with Crippen molar-refractivity contribution in [3.63, 3.8) is 0 Å². The van der Waals surface area contributed by atoms with Crippen LogP contribution in [0.2, 0.25) is 0 Å². The van der Waals surface area contributed by atoms with Gasteiger partial charge in [-0.2, -0.15) is 5.10 Å². The zero-order chi connectivity index (χ0) is 17.7. The SMILES string of the molecule is CCC(Cc1cnn2cc(CNC=O)nc2c1)(C(C)=O)C(=O)NC. The second-order valence-corrected chi connectivity index (χ2v) is 5.65. The van der Waals surface area contributed by atoms with Gasteiger partial charge in [0.1, 0.15) is 11.2 Å². The van der Waals surface area contributed by atoms with Gasteiger partial charge >= 0.3 is 0 Å². The van der Waals surface area contributed by atoms with Crippen LogP contribution in [0.1, 0.15) is 31.5 Å². The molecular formula is C16H21N5O3. The van der Waals surface area contributed by atoms with Gasteiger partial charge in [0.15, 0.2) is 5.65 Å². The van der Waals surface area contributed by atoms with Gasteiger partial charge in [-0.1, -0.05) is 6.92 Å². The maximum absolute atomic E-state index is 12.3. The molecular weight excluding hydrogens is 310 g/mol. The Morgan fingerprint density at radius 3 is 2.75 bits per heavy atom. The molecule has 0 aliphatic heterocycles. The summed E-state index contributed by atoms with van der Waals surface area (Å²) in [5.41, 5.74) is 0.916. The minimum Gasteiger partial charge on any atom is -0.358 e. The number of fused-ring (bicyclic) bond motifs is 1. The molecule has 128 valence electrons. The third kappa shape index (κ3) is 3.27. The smallest absolute Gasteiger partial charge is 0.233 e. The molecule has 0 saturated heterocycles. The number of nitrogens with zero attached hydrogens (tertiary/aromatic N) is 3. The fourth-order valence-electron chi connectivity index (χ4n) is 2.78. The molecule has 1 unspecified atom stereocenters. The van der Waals surface area contributed by atoms with Crippen molar-refractivity contribution < 1.29 is 14.4 Å². The highest BCUT2D eigenvalue weighted by Crippen LogP contribution is 2.29. The van der Waals surface area contributed by atoms with Gasteiger partial charge in [0.25, 0.3) is 0 Å². The van der Waals surface area contributed by atoms with Crippen LogP contribution >= 0.6 is 0 Å². The lowest BCUT2D eigenvalue weighted by Gasteiger charge is -2.28. The lowest BCUT2D eigenvalue weighted by atomic mass is 9.75. The average Bonchev–Trinajstić information content (AvgIpc) is 2.98. The summed E-state index contributed by atoms with van der Waals surface area (Å²) in [5, 5.41) is 9.39. The highest BCUT2D eigenvalue weighted by molar-refractivity contribution is 6.05. The third-order valence-corrected chi connectivity index (χ3v) is 4.24. The first-order chi connectivity index (χ1) is 11.5. The van der Waals surface area contributed by atoms with E-state index in [4.69, 9.17) is 0 Å². The second kappa shape index (κ2) is 7.20. The molecule has 0 spiro atoms. The Labute approximate surface area is 139 Å². The summed E-state index contributed by atoms with van der Waals surface area (Å²) in [7, 11) is 1.53. The van der Waals surface area contributed by atoms with Crippen molar-refractivity contribution in [2.75, 3.05) is 7.05 Å². The number of nitrogens with one attached hydrogen (secondary N) is 2. The Hall–Kier alpha value is -2.77. The first-order valence-corrected chi connectivity index (χ1v) is 7.70. The van der Waals surface area contributed by atoms with E-state index in [-0.39, 0.29) is 18.1 Å². The molecule has 2 amide bonds. The molecule has 1 atom stereocenters. The first kappa shape index (κ1) is 17.6. The molecule has 24 heavy (non-hydrogen) atoms. The minimum absolute atomic E-state index is 0.177. The Balaban J connectivity index is 2.35. The molecule has 0 aliphatic carbocycles. The van der Waals surface area contributed by atoms with Gasteiger partial charge in [0, 0.05) is 7.05 Å². The Morgan fingerprint density at radius 1 is 1.42 bits per heavy atom. The molecule has 0 radical (unpaired) electrons. The number of amides is 2. The van der Waals surface area contributed by atoms with E-state index in [1.54, 1.807) is 23.0 Å². The molecule has 8 nitrogen and oxygen atoms in total. The third-order valence-electron chi connectivity index (χ3n) is 4.24. The van der Waals surface area contributed by atoms with Crippen LogP contribution in [0.5, 0.6) is 0 Å². The predicted octanol–water partition coefficient (Wildman–Crippen LogP) is 0.249. The number of hydrogen-bond donors (Lipinski definition) is 2. The van der Waals surface area contributed by atoms with Crippen LogP contribution in [0.25, 0.3) is 5.65 Å². The van der Waals surface area contributed by atoms with Crippen molar-refractivity contribution in [3.8, 4) is 0 Å². The van der Waals surface area contributed by atoms with Gasteiger partial charge in [0.05, 0.1) is 24.6 Å². The number of hydrogen-bond acceptors (Lipinski definition) is 5. The van der Waals surface area contributed by atoms with Gasteiger partial charge in [-0.15, -0.1) is 0 Å². The van der Waals surface area contributed by atoms with Crippen LogP contribution in [0.3, 0.4) is 0 Å². The molecule has 0 bridgehead atoms. The summed E-state index contributed by atoms with van der Waals surface area (Å²) >= 11 is 0. The fourth-order valence-corrected chi connectivity index (χ4v) is 2.78. The molecule has 2 rings (SSSR count). The van der Waals surface area contributed by atoms with Gasteiger partial charge in [-0.3, -0.25) is 14.4 Å². The summed E-state index contributed by atoms with van der Waals surface area (Å²) in [5.74, 6) is -0.472. The van der Waals surface area contributed by atoms with Crippen LogP contribution in [0.15, 0.2) is 18.5 Å². The number of imidazole rings is 1. The minimum atomic E-state index is -1.11. The molecule has 8 heteroatoms. The number of carbonyl (C=O) groups is 3. The van der Waals surface area contributed by atoms with Crippen LogP contribution in [-0.2, 0) is 27.3 Å². The molecule has 0 saturated carbocycles. The maximum Gasteiger partial charge on any atom is 0.233 e. The van der Waals surface area contributed by atoms with E-state index >= 15 is 0 Å². The van der Waals surface area contributed by atoms with Gasteiger partial charge in [-0.05, 0) is 31.4 Å². The topological polar surface area (TPSA) is 105 Å². The van der Waals surface area contributed by atoms with Gasteiger partial charge < -0.3 is 10.6 Å². The number of Topliss-reactive ketones (excluding diaryl/α,β-unsaturated/α-hetero) is 1. The summed E-state index contributed by atoms with van der Waals surface area (Å²) in [6.07, 6.45) is 4.61. The van der Waals surface area contributed by atoms with Crippen molar-refractivity contribution in [2.24, 2.45) is 5.41 Å². The summed E-state index contributed by atoms with van der Waals surface area (Å²) in [6, 6.07) is 1.80. The zero-order valence-electron chi connectivity index (χ0n) is 14.0. The molecule has 2 aromatic heterocycles. The number of aromatic nitrogens is 3. The summed E-state index contributed by atoms with van der Waals surface area (Å²) in [4.78, 5) is 39.2. The van der Waals surface area contributed by atoms with Crippen LogP contribution in [0, 0.1) is 5.41 Å². The molecule has 0 aromatic carbocycles. The van der Waals surface area contributed by atoms with Crippen molar-refractivity contribution in [1.82, 2.24) is 25.2 Å². The predicted molar refractivity (Wildman–Crippen MR) is 87.1 cm³/mol. The van der Waals surface area contributed by atoms with E-state index in [9.17, 15) is 14.4 Å². The number of carbonyl (C=O) groups excluding carboxylic acids is 3. The highest BCUT2D eigenvalue weighted by atomic mass is 16.2. The second-order valence-electron chi connectivity index (χ2n) is 5.65. The highest BCUT2D eigenvalue weighted by Gasteiger charge is 2.41. The zero-order valence-corrected chi connectivity index (χ0v) is 14.0. The quantitative estimate of drug-likeness (QED) is 0.533. The maximum atomic E-state index is 12.3. The van der Waals surface area contributed by atoms with Crippen molar-refractivity contribution >= 4 is 23.7 Å². The van der Waals surface area contributed by atoms with Crippen LogP contribution in [0.4, 0.5) is 0 Å². The average molecular weight is 331 g/mol. The van der Waals surface area contributed by atoms with Crippen molar-refractivity contribution in [1.29, 1.82) is 0 Å². The molecule has 2 aromatic rings. The normalized spacial score (nSPS) is 13.3. The van der Waals surface area contributed by atoms with E-state index in [0.29, 0.717) is 30.7 Å². The largest absolute Gasteiger partial charge is 0.358 e. The molecule has 2 N–H and O–H groups in total. The van der Waals surface area contributed by atoms with E-state index in [1.165, 1.54) is 14.0 Å². The van der Waals surface area contributed by atoms with Crippen LogP contribution < -0.4 is 10.6 Å². The Kier molecular flexibility index (Phi) is 5.28. The van der Waals surface area contributed by atoms with Crippen molar-refractivity contribution in [2.45, 2.75) is 33.2 Å². The van der Waals surface area contributed by atoms with Crippen molar-refractivity contribution in [3.05, 3.63) is 29.7 Å². The Bertz CT molecular complexity index is 770. The monoisotopic (exact) mass is 331 g/mol. The molecule has 0 aliphatic rings. The lowest BCUT2D eigenvalue weighted by Crippen LogP contribution is -2.45. The van der Waals surface area contributed by atoms with E-state index < -0.39 is 5.41 Å². The number of ketones is 1. The first-order valence-electron chi connectivity index (χ1n) is 7.70. The standard InChI is InChI=1S/C16H21N5O3/c1-4-16(11(2)23,15(24)17-3)6-12-5-14-20-13(8-18-10-22)9-21(14)19-7-12/h5,7,9-10H,4,6,8H2,1-3H3,(H,17,24)(H,18,22). The lowest BCUT2D eigenvalue weighted by molar-refractivity contribution is -0.141. The van der Waals surface area contributed by atoms with Gasteiger partial charge in [0.2, 0.25) is 12.3 Å². The van der Waals surface area contributed by atoms with Gasteiger partial charge in [-0.25, -0.2) is 9.50 Å². The van der Waals surface area contributed by atoms with E-state index in [2.05, 4.69) is 20.7 Å². The van der Waals surface area contributed by atoms with E-state index in [0.717, 1.165) is 5.56 Å². The number of rotatable bonds is 8. The van der Waals surface area contributed by atoms with E-state index in [1.807, 2.05) is 6.92 Å². The molecule has 0 fully saturated rings. The fraction of sp³-hybridized carbons (Fsp3) is 0.438. The molecule has 2 heterocycles.